The van der Waals surface area contributed by atoms with Crippen molar-refractivity contribution < 1.29 is 4.79 Å². The van der Waals surface area contributed by atoms with Crippen molar-refractivity contribution in [1.82, 2.24) is 4.90 Å². The van der Waals surface area contributed by atoms with E-state index < -0.39 is 0 Å². The van der Waals surface area contributed by atoms with Crippen LogP contribution in [-0.4, -0.2) is 23.9 Å². The summed E-state index contributed by atoms with van der Waals surface area (Å²) in [6.07, 6.45) is 5.15. The monoisotopic (exact) mass is 280 g/mol. The molecule has 19 heavy (non-hydrogen) atoms. The molecule has 3 rings (SSSR count). The molecule has 2 N–H and O–H groups in total. The first-order chi connectivity index (χ1) is 8.72. The van der Waals surface area contributed by atoms with Crippen LogP contribution in [0.15, 0.2) is 24.3 Å². The number of hydrogen-bond donors (Lipinski definition) is 1. The van der Waals surface area contributed by atoms with E-state index in [4.69, 9.17) is 5.73 Å². The quantitative estimate of drug-likeness (QED) is 0.843. The number of carbonyl (C=O) groups is 1. The maximum Gasteiger partial charge on any atom is 0.253 e. The van der Waals surface area contributed by atoms with Gasteiger partial charge in [-0.25, -0.2) is 0 Å². The Bertz CT molecular complexity index is 424. The lowest BCUT2D eigenvalue weighted by atomic mass is 10.1. The highest BCUT2D eigenvalue weighted by atomic mass is 35.5. The van der Waals surface area contributed by atoms with E-state index in [2.05, 4.69) is 4.90 Å². The number of nitrogen functional groups attached to an aromatic ring is 1. The van der Waals surface area contributed by atoms with Gasteiger partial charge in [0.25, 0.3) is 5.91 Å². The highest BCUT2D eigenvalue weighted by molar-refractivity contribution is 5.94. The van der Waals surface area contributed by atoms with Crippen LogP contribution < -0.4 is 5.73 Å². The molecular formula is C15H21ClN2O. The number of nitrogens with zero attached hydrogens (tertiary/aromatic N) is 1. The van der Waals surface area contributed by atoms with Gasteiger partial charge in [-0.15, -0.1) is 12.4 Å². The summed E-state index contributed by atoms with van der Waals surface area (Å²) >= 11 is 0. The van der Waals surface area contributed by atoms with E-state index >= 15 is 0 Å². The van der Waals surface area contributed by atoms with Crippen LogP contribution in [0.3, 0.4) is 0 Å². The Kier molecular flexibility index (Phi) is 4.35. The summed E-state index contributed by atoms with van der Waals surface area (Å²) in [4.78, 5) is 14.5. The molecule has 2 aliphatic carbocycles. The topological polar surface area (TPSA) is 46.3 Å². The lowest BCUT2D eigenvalue weighted by molar-refractivity contribution is 0.0739. The molecule has 104 valence electrons. The maximum atomic E-state index is 12.5. The van der Waals surface area contributed by atoms with Gasteiger partial charge in [-0.3, -0.25) is 4.79 Å². The standard InChI is InChI=1S/C15H20N2O.ClH/c16-14-7-5-13(6-8-14)15(18)17(9-11-1-2-11)10-12-3-4-12;/h5-8,11-12H,1-4,9-10,16H2;1H. The van der Waals surface area contributed by atoms with E-state index in [1.165, 1.54) is 25.7 Å². The first-order valence-corrected chi connectivity index (χ1v) is 6.87. The molecule has 2 aliphatic rings. The molecule has 2 fully saturated rings. The third kappa shape index (κ3) is 3.87. The number of anilines is 1. The molecule has 1 aromatic rings. The fourth-order valence-electron chi connectivity index (χ4n) is 2.27. The van der Waals surface area contributed by atoms with Gasteiger partial charge in [0.2, 0.25) is 0 Å². The van der Waals surface area contributed by atoms with Crippen molar-refractivity contribution in [2.45, 2.75) is 25.7 Å². The highest BCUT2D eigenvalue weighted by Gasteiger charge is 2.31. The number of carbonyl (C=O) groups excluding carboxylic acids is 1. The van der Waals surface area contributed by atoms with Crippen molar-refractivity contribution in [3.8, 4) is 0 Å². The zero-order valence-corrected chi connectivity index (χ0v) is 11.9. The van der Waals surface area contributed by atoms with Crippen molar-refractivity contribution in [2.24, 2.45) is 11.8 Å². The van der Waals surface area contributed by atoms with E-state index in [1.54, 1.807) is 12.1 Å². The van der Waals surface area contributed by atoms with Gasteiger partial charge in [-0.05, 0) is 61.8 Å². The number of hydrogen-bond acceptors (Lipinski definition) is 2. The Balaban J connectivity index is 0.00000133. The average Bonchev–Trinajstić information content (AvgIpc) is 3.23. The summed E-state index contributed by atoms with van der Waals surface area (Å²) in [6.45, 7) is 1.89. The van der Waals surface area contributed by atoms with Gasteiger partial charge in [0.05, 0.1) is 0 Å². The van der Waals surface area contributed by atoms with Crippen molar-refractivity contribution in [3.63, 3.8) is 0 Å². The molecule has 0 saturated heterocycles. The average molecular weight is 281 g/mol. The Morgan fingerprint density at radius 2 is 1.53 bits per heavy atom. The predicted octanol–water partition coefficient (Wildman–Crippen LogP) is 2.95. The lowest BCUT2D eigenvalue weighted by Crippen LogP contribution is -2.34. The summed E-state index contributed by atoms with van der Waals surface area (Å²) in [6, 6.07) is 7.29. The SMILES string of the molecule is Cl.Nc1ccc(C(=O)N(CC2CC2)CC2CC2)cc1. The fourth-order valence-corrected chi connectivity index (χ4v) is 2.27. The minimum atomic E-state index is 0. The second-order valence-electron chi connectivity index (χ2n) is 5.72. The number of rotatable bonds is 5. The van der Waals surface area contributed by atoms with Crippen LogP contribution in [0.4, 0.5) is 5.69 Å². The van der Waals surface area contributed by atoms with Crippen LogP contribution in [-0.2, 0) is 0 Å². The van der Waals surface area contributed by atoms with Gasteiger partial charge in [0.1, 0.15) is 0 Å². The van der Waals surface area contributed by atoms with Crippen LogP contribution >= 0.6 is 12.4 Å². The molecule has 0 bridgehead atoms. The minimum Gasteiger partial charge on any atom is -0.399 e. The normalized spacial score (nSPS) is 17.7. The van der Waals surface area contributed by atoms with E-state index in [0.717, 1.165) is 30.5 Å². The number of amides is 1. The zero-order chi connectivity index (χ0) is 12.5. The van der Waals surface area contributed by atoms with Crippen molar-refractivity contribution in [1.29, 1.82) is 0 Å². The number of halogens is 1. The van der Waals surface area contributed by atoms with Crippen LogP contribution in [0.25, 0.3) is 0 Å². The Morgan fingerprint density at radius 3 is 1.95 bits per heavy atom. The van der Waals surface area contributed by atoms with Gasteiger partial charge < -0.3 is 10.6 Å². The number of benzene rings is 1. The predicted molar refractivity (Wildman–Crippen MR) is 79.5 cm³/mol. The summed E-state index contributed by atoms with van der Waals surface area (Å²) in [7, 11) is 0. The van der Waals surface area contributed by atoms with Gasteiger partial charge in [0, 0.05) is 24.3 Å². The van der Waals surface area contributed by atoms with Crippen LogP contribution in [0, 0.1) is 11.8 Å². The smallest absolute Gasteiger partial charge is 0.253 e. The van der Waals surface area contributed by atoms with Crippen LogP contribution in [0.2, 0.25) is 0 Å². The lowest BCUT2D eigenvalue weighted by Gasteiger charge is -2.22. The first kappa shape index (κ1) is 14.2. The molecule has 0 heterocycles. The summed E-state index contributed by atoms with van der Waals surface area (Å²) in [5.41, 5.74) is 7.14. The van der Waals surface area contributed by atoms with Crippen molar-refractivity contribution >= 4 is 24.0 Å². The van der Waals surface area contributed by atoms with E-state index in [0.29, 0.717) is 5.69 Å². The molecule has 1 amide bonds. The molecule has 1 aromatic carbocycles. The van der Waals surface area contributed by atoms with Gasteiger partial charge in [0.15, 0.2) is 0 Å². The van der Waals surface area contributed by atoms with Crippen molar-refractivity contribution in [2.75, 3.05) is 18.8 Å². The Hall–Kier alpha value is -1.22. The third-order valence-corrected chi connectivity index (χ3v) is 3.80. The van der Waals surface area contributed by atoms with E-state index in [-0.39, 0.29) is 18.3 Å². The number of nitrogens with two attached hydrogens (primary N) is 1. The zero-order valence-electron chi connectivity index (χ0n) is 11.0. The van der Waals surface area contributed by atoms with E-state index in [1.807, 2.05) is 12.1 Å². The molecule has 0 atom stereocenters. The largest absolute Gasteiger partial charge is 0.399 e. The molecule has 2 saturated carbocycles. The van der Waals surface area contributed by atoms with Gasteiger partial charge in [-0.2, -0.15) is 0 Å². The van der Waals surface area contributed by atoms with E-state index in [9.17, 15) is 4.79 Å². The Labute approximate surface area is 120 Å². The fraction of sp³-hybridized carbons (Fsp3) is 0.533. The molecule has 0 aromatic heterocycles. The molecular weight excluding hydrogens is 260 g/mol. The van der Waals surface area contributed by atoms with Crippen LogP contribution in [0.1, 0.15) is 36.0 Å². The maximum absolute atomic E-state index is 12.5. The molecule has 4 heteroatoms. The molecule has 0 spiro atoms. The molecule has 0 aliphatic heterocycles. The summed E-state index contributed by atoms with van der Waals surface area (Å²) in [5.74, 6) is 1.68. The van der Waals surface area contributed by atoms with Crippen molar-refractivity contribution in [3.05, 3.63) is 29.8 Å². The summed E-state index contributed by atoms with van der Waals surface area (Å²) in [5, 5.41) is 0. The second kappa shape index (κ2) is 5.83. The van der Waals surface area contributed by atoms with Gasteiger partial charge >= 0.3 is 0 Å². The highest BCUT2D eigenvalue weighted by Crippen LogP contribution is 2.34. The van der Waals surface area contributed by atoms with Crippen LogP contribution in [0.5, 0.6) is 0 Å². The molecule has 0 radical (unpaired) electrons. The molecule has 3 nitrogen and oxygen atoms in total. The third-order valence-electron chi connectivity index (χ3n) is 3.80. The minimum absolute atomic E-state index is 0. The van der Waals surface area contributed by atoms with Gasteiger partial charge in [-0.1, -0.05) is 0 Å². The first-order valence-electron chi connectivity index (χ1n) is 6.87. The molecule has 0 unspecified atom stereocenters. The second-order valence-corrected chi connectivity index (χ2v) is 5.72. The summed E-state index contributed by atoms with van der Waals surface area (Å²) < 4.78 is 0. The Morgan fingerprint density at radius 1 is 1.05 bits per heavy atom.